The number of ketones is 1. The van der Waals surface area contributed by atoms with Crippen LogP contribution in [0.3, 0.4) is 0 Å². The molecule has 7 heteroatoms. The van der Waals surface area contributed by atoms with Crippen LogP contribution < -0.4 is 4.72 Å². The van der Waals surface area contributed by atoms with E-state index in [4.69, 9.17) is 4.74 Å². The van der Waals surface area contributed by atoms with Crippen LogP contribution in [-0.2, 0) is 24.3 Å². The molecule has 0 radical (unpaired) electrons. The third kappa shape index (κ3) is 5.35. The zero-order chi connectivity index (χ0) is 17.0. The number of hydrogen-bond donors (Lipinski definition) is 1. The van der Waals surface area contributed by atoms with Gasteiger partial charge in [-0.3, -0.25) is 9.59 Å². The molecule has 0 heterocycles. The summed E-state index contributed by atoms with van der Waals surface area (Å²) in [7, 11) is -3.37. The van der Waals surface area contributed by atoms with Gasteiger partial charge in [0.25, 0.3) is 0 Å². The van der Waals surface area contributed by atoms with Gasteiger partial charge in [-0.15, -0.1) is 0 Å². The molecule has 0 aromatic heterocycles. The van der Waals surface area contributed by atoms with Crippen molar-refractivity contribution < 1.29 is 22.7 Å². The summed E-state index contributed by atoms with van der Waals surface area (Å²) in [5, 5.41) is 0. The molecule has 0 unspecified atom stereocenters. The van der Waals surface area contributed by atoms with Crippen molar-refractivity contribution in [1.82, 2.24) is 4.72 Å². The lowest BCUT2D eigenvalue weighted by atomic mass is 9.83. The third-order valence-electron chi connectivity index (χ3n) is 3.93. The van der Waals surface area contributed by atoms with Crippen LogP contribution in [0, 0.1) is 5.92 Å². The Morgan fingerprint density at radius 2 is 1.68 bits per heavy atom. The van der Waals surface area contributed by atoms with E-state index < -0.39 is 20.7 Å². The first-order valence-electron chi connectivity index (χ1n) is 7.77. The predicted molar refractivity (Wildman–Crippen MR) is 83.8 cm³/mol. The van der Waals surface area contributed by atoms with E-state index >= 15 is 0 Å². The quantitative estimate of drug-likeness (QED) is 0.591. The Kier molecular flexibility index (Phi) is 6.55. The van der Waals surface area contributed by atoms with Crippen molar-refractivity contribution in [3.63, 3.8) is 0 Å². The maximum Gasteiger partial charge on any atom is 0.313 e. The van der Waals surface area contributed by atoms with Crippen LogP contribution in [0.4, 0.5) is 0 Å². The van der Waals surface area contributed by atoms with Gasteiger partial charge in [-0.25, -0.2) is 13.1 Å². The number of rotatable bonds is 6. The van der Waals surface area contributed by atoms with Gasteiger partial charge in [-0.05, 0) is 53.4 Å². The van der Waals surface area contributed by atoms with Gasteiger partial charge < -0.3 is 4.74 Å². The van der Waals surface area contributed by atoms with E-state index in [1.54, 1.807) is 27.7 Å². The fourth-order valence-corrected chi connectivity index (χ4v) is 3.46. The summed E-state index contributed by atoms with van der Waals surface area (Å²) >= 11 is 0. The van der Waals surface area contributed by atoms with Crippen LogP contribution in [0.2, 0.25) is 0 Å². The molecule has 0 atom stereocenters. The molecule has 0 amide bonds. The Morgan fingerprint density at radius 3 is 2.14 bits per heavy atom. The van der Waals surface area contributed by atoms with Gasteiger partial charge in [-0.1, -0.05) is 0 Å². The maximum atomic E-state index is 12.1. The van der Waals surface area contributed by atoms with Crippen molar-refractivity contribution >= 4 is 21.8 Å². The Balaban J connectivity index is 2.47. The molecule has 0 aliphatic heterocycles. The van der Waals surface area contributed by atoms with Crippen molar-refractivity contribution in [2.75, 3.05) is 6.61 Å². The fraction of sp³-hybridized carbons (Fsp3) is 0.867. The predicted octanol–water partition coefficient (Wildman–Crippen LogP) is 1.79. The number of ether oxygens (including phenoxy) is 1. The molecule has 0 saturated heterocycles. The molecule has 0 aromatic carbocycles. The highest BCUT2D eigenvalue weighted by molar-refractivity contribution is 7.90. The monoisotopic (exact) mass is 333 g/mol. The van der Waals surface area contributed by atoms with Gasteiger partial charge in [0.2, 0.25) is 10.0 Å². The van der Waals surface area contributed by atoms with Crippen molar-refractivity contribution in [1.29, 1.82) is 0 Å². The summed E-state index contributed by atoms with van der Waals surface area (Å²) in [6.07, 6.45) is 2.27. The summed E-state index contributed by atoms with van der Waals surface area (Å²) < 4.78 is 30.9. The normalized spacial score (nSPS) is 23.1. The van der Waals surface area contributed by atoms with Gasteiger partial charge in [0.05, 0.1) is 11.4 Å². The number of carbonyl (C=O) groups is 2. The first-order valence-corrected chi connectivity index (χ1v) is 9.25. The second-order valence-corrected chi connectivity index (χ2v) is 9.20. The maximum absolute atomic E-state index is 12.1. The molecule has 0 aromatic rings. The smallest absolute Gasteiger partial charge is 0.313 e. The van der Waals surface area contributed by atoms with Gasteiger partial charge in [0.15, 0.2) is 0 Å². The molecule has 22 heavy (non-hydrogen) atoms. The molecular weight excluding hydrogens is 306 g/mol. The second-order valence-electron chi connectivity index (χ2n) is 6.73. The van der Waals surface area contributed by atoms with Crippen LogP contribution in [0.5, 0.6) is 0 Å². The molecule has 0 bridgehead atoms. The van der Waals surface area contributed by atoms with Gasteiger partial charge in [0, 0.05) is 12.0 Å². The van der Waals surface area contributed by atoms with Crippen LogP contribution >= 0.6 is 0 Å². The highest BCUT2D eigenvalue weighted by Crippen LogP contribution is 2.27. The standard InChI is InChI=1S/C15H27NO5S/c1-5-21-14(18)10-13(17)11-6-8-12(9-7-11)16-22(19,20)15(2,3)4/h11-12,16H,5-10H2,1-4H3. The highest BCUT2D eigenvalue weighted by Gasteiger charge is 2.34. The van der Waals surface area contributed by atoms with Crippen LogP contribution in [0.25, 0.3) is 0 Å². The van der Waals surface area contributed by atoms with E-state index in [2.05, 4.69) is 4.72 Å². The average molecular weight is 333 g/mol. The third-order valence-corrected chi connectivity index (χ3v) is 6.19. The molecule has 1 N–H and O–H groups in total. The summed E-state index contributed by atoms with van der Waals surface area (Å²) in [5.74, 6) is -0.751. The van der Waals surface area contributed by atoms with Crippen LogP contribution in [0.1, 0.15) is 59.8 Å². The average Bonchev–Trinajstić information content (AvgIpc) is 2.37. The number of nitrogens with one attached hydrogen (secondary N) is 1. The molecule has 1 aliphatic carbocycles. The minimum absolute atomic E-state index is 0.101. The topological polar surface area (TPSA) is 89.5 Å². The first-order chi connectivity index (χ1) is 10.1. The Morgan fingerprint density at radius 1 is 1.14 bits per heavy atom. The number of sulfonamides is 1. The van der Waals surface area contributed by atoms with Crippen molar-refractivity contribution in [3.05, 3.63) is 0 Å². The van der Waals surface area contributed by atoms with Crippen LogP contribution in [0.15, 0.2) is 0 Å². The zero-order valence-electron chi connectivity index (χ0n) is 13.8. The number of carbonyl (C=O) groups excluding carboxylic acids is 2. The van der Waals surface area contributed by atoms with E-state index in [0.29, 0.717) is 25.7 Å². The van der Waals surface area contributed by atoms with Crippen molar-refractivity contribution in [3.8, 4) is 0 Å². The van der Waals surface area contributed by atoms with E-state index in [0.717, 1.165) is 0 Å². The Hall–Kier alpha value is -0.950. The molecular formula is C15H27NO5S. The Bertz CT molecular complexity index is 499. The van der Waals surface area contributed by atoms with Crippen molar-refractivity contribution in [2.24, 2.45) is 5.92 Å². The molecule has 1 saturated carbocycles. The fourth-order valence-electron chi connectivity index (χ4n) is 2.43. The summed E-state index contributed by atoms with van der Waals surface area (Å²) in [5.41, 5.74) is 0. The summed E-state index contributed by atoms with van der Waals surface area (Å²) in [6, 6.07) is -0.129. The van der Waals surface area contributed by atoms with Crippen molar-refractivity contribution in [2.45, 2.75) is 70.6 Å². The molecule has 1 rings (SSSR count). The van der Waals surface area contributed by atoms with Crippen LogP contribution in [-0.4, -0.2) is 37.6 Å². The van der Waals surface area contributed by atoms with Gasteiger partial charge in [0.1, 0.15) is 12.2 Å². The molecule has 1 fully saturated rings. The molecule has 1 aliphatic rings. The van der Waals surface area contributed by atoms with E-state index in [-0.39, 0.29) is 30.8 Å². The lowest BCUT2D eigenvalue weighted by Crippen LogP contribution is -2.46. The molecule has 128 valence electrons. The van der Waals surface area contributed by atoms with E-state index in [9.17, 15) is 18.0 Å². The SMILES string of the molecule is CCOC(=O)CC(=O)C1CCC(NS(=O)(=O)C(C)(C)C)CC1. The lowest BCUT2D eigenvalue weighted by Gasteiger charge is -2.30. The lowest BCUT2D eigenvalue weighted by molar-refractivity contribution is -0.146. The number of Topliss-reactive ketones (excluding diaryl/α,β-unsaturated/α-hetero) is 1. The first kappa shape index (κ1) is 19.1. The Labute approximate surface area is 133 Å². The largest absolute Gasteiger partial charge is 0.466 e. The second kappa shape index (κ2) is 7.55. The van der Waals surface area contributed by atoms with Gasteiger partial charge in [-0.2, -0.15) is 0 Å². The number of esters is 1. The van der Waals surface area contributed by atoms with E-state index in [1.807, 2.05) is 0 Å². The minimum atomic E-state index is -3.37. The molecule has 0 spiro atoms. The molecule has 6 nitrogen and oxygen atoms in total. The number of hydrogen-bond acceptors (Lipinski definition) is 5. The van der Waals surface area contributed by atoms with Gasteiger partial charge >= 0.3 is 5.97 Å². The minimum Gasteiger partial charge on any atom is -0.466 e. The summed E-state index contributed by atoms with van der Waals surface area (Å²) in [6.45, 7) is 6.94. The highest BCUT2D eigenvalue weighted by atomic mass is 32.2. The van der Waals surface area contributed by atoms with E-state index in [1.165, 1.54) is 0 Å². The summed E-state index contributed by atoms with van der Waals surface area (Å²) in [4.78, 5) is 23.3. The zero-order valence-corrected chi connectivity index (χ0v) is 14.7.